The fraction of sp³-hybridized carbons (Fsp3) is 0.229. The van der Waals surface area contributed by atoms with Gasteiger partial charge in [0.1, 0.15) is 19.0 Å². The smallest absolute Gasteiger partial charge is 0.338 e. The average Bonchev–Trinajstić information content (AvgIpc) is 3.33. The lowest BCUT2D eigenvalue weighted by Crippen LogP contribution is -2.39. The molecule has 9 heteroatoms. The number of carbonyl (C=O) groups is 1. The molecule has 2 heterocycles. The van der Waals surface area contributed by atoms with Crippen LogP contribution in [0.25, 0.3) is 6.08 Å². The minimum atomic E-state index is -0.714. The summed E-state index contributed by atoms with van der Waals surface area (Å²) in [4.78, 5) is 32.3. The van der Waals surface area contributed by atoms with Crippen LogP contribution in [0.2, 0.25) is 0 Å². The van der Waals surface area contributed by atoms with Crippen LogP contribution in [-0.2, 0) is 16.1 Å². The van der Waals surface area contributed by atoms with Crippen molar-refractivity contribution in [2.75, 3.05) is 19.8 Å². The van der Waals surface area contributed by atoms with Gasteiger partial charge in [-0.05, 0) is 67.8 Å². The summed E-state index contributed by atoms with van der Waals surface area (Å²) in [6.07, 6.45) is 3.47. The number of thiazole rings is 1. The normalized spacial score (nSPS) is 14.4. The van der Waals surface area contributed by atoms with E-state index in [9.17, 15) is 9.59 Å². The molecule has 4 aromatic rings. The number of hydrogen-bond acceptors (Lipinski definition) is 8. The number of rotatable bonds is 12. The van der Waals surface area contributed by atoms with Gasteiger partial charge in [0, 0.05) is 0 Å². The summed E-state index contributed by atoms with van der Waals surface area (Å²) in [5.41, 5.74) is 3.12. The van der Waals surface area contributed by atoms with E-state index < -0.39 is 12.0 Å². The molecule has 0 saturated carbocycles. The van der Waals surface area contributed by atoms with E-state index in [0.29, 0.717) is 57.7 Å². The van der Waals surface area contributed by atoms with E-state index in [4.69, 9.17) is 18.9 Å². The summed E-state index contributed by atoms with van der Waals surface area (Å²) < 4.78 is 25.0. The Balaban J connectivity index is 1.55. The number of nitrogens with zero attached hydrogens (tertiary/aromatic N) is 2. The standard InChI is InChI=1S/C35H34N2O6S/c1-5-19-42-27-16-14-26(15-17-27)32-31(34(39)41-7-3)23(4)36-35-37(32)33(38)30(44-35)21-25-13-18-28(29(20-25)40-6-2)43-22-24-11-9-8-10-12-24/h5,8-18,20-21,32H,1,6-7,19,22H2,2-4H3/b30-21-/t32-/m0/s1. The number of ether oxygens (including phenoxy) is 4. The SMILES string of the molecule is C=CCOc1ccc([C@H]2C(C(=O)OCC)=C(C)N=c3s/c(=C\c4ccc(OCc5ccccc5)c(OCC)c4)c(=O)n32)cc1. The third-order valence-corrected chi connectivity index (χ3v) is 7.87. The fourth-order valence-electron chi connectivity index (χ4n) is 4.90. The van der Waals surface area contributed by atoms with E-state index in [-0.39, 0.29) is 12.2 Å². The Bertz CT molecular complexity index is 1860. The topological polar surface area (TPSA) is 88.4 Å². The minimum absolute atomic E-state index is 0.203. The quantitative estimate of drug-likeness (QED) is 0.159. The number of allylic oxidation sites excluding steroid dienone is 1. The van der Waals surface area contributed by atoms with Crippen molar-refractivity contribution in [3.8, 4) is 17.2 Å². The molecule has 226 valence electrons. The predicted octanol–water partition coefficient (Wildman–Crippen LogP) is 5.34. The van der Waals surface area contributed by atoms with Gasteiger partial charge in [-0.25, -0.2) is 9.79 Å². The first kappa shape index (κ1) is 30.6. The van der Waals surface area contributed by atoms with Crippen LogP contribution in [0, 0.1) is 0 Å². The van der Waals surface area contributed by atoms with Gasteiger partial charge in [-0.15, -0.1) is 0 Å². The van der Waals surface area contributed by atoms with Crippen molar-refractivity contribution in [1.29, 1.82) is 0 Å². The molecule has 1 aliphatic heterocycles. The second-order valence-electron chi connectivity index (χ2n) is 9.88. The van der Waals surface area contributed by atoms with Gasteiger partial charge < -0.3 is 18.9 Å². The van der Waals surface area contributed by atoms with Crippen LogP contribution in [0.5, 0.6) is 17.2 Å². The van der Waals surface area contributed by atoms with E-state index >= 15 is 0 Å². The molecule has 3 aromatic carbocycles. The van der Waals surface area contributed by atoms with Crippen LogP contribution in [-0.4, -0.2) is 30.4 Å². The van der Waals surface area contributed by atoms with Gasteiger partial charge in [-0.3, -0.25) is 9.36 Å². The van der Waals surface area contributed by atoms with E-state index in [1.807, 2.05) is 79.7 Å². The summed E-state index contributed by atoms with van der Waals surface area (Å²) >= 11 is 1.27. The van der Waals surface area contributed by atoms with Crippen molar-refractivity contribution in [2.45, 2.75) is 33.4 Å². The molecule has 0 unspecified atom stereocenters. The highest BCUT2D eigenvalue weighted by Crippen LogP contribution is 2.32. The maximum Gasteiger partial charge on any atom is 0.338 e. The zero-order chi connectivity index (χ0) is 31.1. The lowest BCUT2D eigenvalue weighted by Gasteiger charge is -2.24. The van der Waals surface area contributed by atoms with Crippen LogP contribution in [0.3, 0.4) is 0 Å². The molecule has 1 atom stereocenters. The van der Waals surface area contributed by atoms with Crippen LogP contribution in [0.1, 0.15) is 43.5 Å². The van der Waals surface area contributed by atoms with Gasteiger partial charge >= 0.3 is 5.97 Å². The highest BCUT2D eigenvalue weighted by Gasteiger charge is 2.33. The van der Waals surface area contributed by atoms with Gasteiger partial charge in [0.25, 0.3) is 5.56 Å². The van der Waals surface area contributed by atoms with Crippen LogP contribution >= 0.6 is 11.3 Å². The average molecular weight is 611 g/mol. The molecule has 0 saturated heterocycles. The molecular weight excluding hydrogens is 576 g/mol. The van der Waals surface area contributed by atoms with Crippen molar-refractivity contribution in [3.05, 3.63) is 133 Å². The summed E-state index contributed by atoms with van der Waals surface area (Å²) in [5, 5.41) is 0. The predicted molar refractivity (Wildman–Crippen MR) is 171 cm³/mol. The van der Waals surface area contributed by atoms with E-state index in [1.165, 1.54) is 11.3 Å². The van der Waals surface area contributed by atoms with E-state index in [1.54, 1.807) is 30.6 Å². The Morgan fingerprint density at radius 3 is 2.45 bits per heavy atom. The summed E-state index contributed by atoms with van der Waals surface area (Å²) in [6.45, 7) is 10.5. The Labute approximate surface area is 259 Å². The van der Waals surface area contributed by atoms with Crippen LogP contribution in [0.15, 0.2) is 107 Å². The molecule has 44 heavy (non-hydrogen) atoms. The van der Waals surface area contributed by atoms with Crippen LogP contribution < -0.4 is 29.1 Å². The molecule has 1 aromatic heterocycles. The van der Waals surface area contributed by atoms with Crippen LogP contribution in [0.4, 0.5) is 0 Å². The lowest BCUT2D eigenvalue weighted by molar-refractivity contribution is -0.139. The van der Waals surface area contributed by atoms with E-state index in [2.05, 4.69) is 11.6 Å². The Morgan fingerprint density at radius 1 is 0.977 bits per heavy atom. The molecule has 0 amide bonds. The summed E-state index contributed by atoms with van der Waals surface area (Å²) in [5.74, 6) is 1.35. The number of aromatic nitrogens is 1. The minimum Gasteiger partial charge on any atom is -0.490 e. The number of fused-ring (bicyclic) bond motifs is 1. The molecule has 0 fully saturated rings. The van der Waals surface area contributed by atoms with Gasteiger partial charge in [-0.2, -0.15) is 0 Å². The molecule has 8 nitrogen and oxygen atoms in total. The Morgan fingerprint density at radius 2 is 1.75 bits per heavy atom. The number of hydrogen-bond donors (Lipinski definition) is 0. The third-order valence-electron chi connectivity index (χ3n) is 6.88. The fourth-order valence-corrected chi connectivity index (χ4v) is 5.94. The van der Waals surface area contributed by atoms with Gasteiger partial charge in [0.2, 0.25) is 0 Å². The monoisotopic (exact) mass is 610 g/mol. The second-order valence-corrected chi connectivity index (χ2v) is 10.9. The lowest BCUT2D eigenvalue weighted by atomic mass is 9.96. The molecule has 0 aliphatic carbocycles. The first-order valence-corrected chi connectivity index (χ1v) is 15.2. The van der Waals surface area contributed by atoms with E-state index in [0.717, 1.165) is 16.7 Å². The maximum atomic E-state index is 14.0. The summed E-state index contributed by atoms with van der Waals surface area (Å²) in [7, 11) is 0. The van der Waals surface area contributed by atoms with Gasteiger partial charge in [0.15, 0.2) is 16.3 Å². The molecule has 0 spiro atoms. The highest BCUT2D eigenvalue weighted by atomic mass is 32.1. The Hall–Kier alpha value is -4.89. The maximum absolute atomic E-state index is 14.0. The van der Waals surface area contributed by atoms with Gasteiger partial charge in [-0.1, -0.05) is 72.5 Å². The molecule has 0 radical (unpaired) electrons. The molecule has 5 rings (SSSR count). The molecule has 0 bridgehead atoms. The van der Waals surface area contributed by atoms with Crippen molar-refractivity contribution < 1.29 is 23.7 Å². The largest absolute Gasteiger partial charge is 0.490 e. The number of benzene rings is 3. The zero-order valence-electron chi connectivity index (χ0n) is 24.9. The number of carbonyl (C=O) groups excluding carboxylic acids is 1. The third kappa shape index (κ3) is 6.68. The molecular formula is C35H34N2O6S. The van der Waals surface area contributed by atoms with Crippen molar-refractivity contribution in [2.24, 2.45) is 4.99 Å². The molecule has 1 aliphatic rings. The second kappa shape index (κ2) is 14.1. The Kier molecular flexibility index (Phi) is 9.76. The first-order chi connectivity index (χ1) is 21.4. The van der Waals surface area contributed by atoms with Crippen molar-refractivity contribution in [1.82, 2.24) is 4.57 Å². The van der Waals surface area contributed by atoms with Crippen molar-refractivity contribution in [3.63, 3.8) is 0 Å². The highest BCUT2D eigenvalue weighted by molar-refractivity contribution is 7.07. The zero-order valence-corrected chi connectivity index (χ0v) is 25.8. The number of esters is 1. The van der Waals surface area contributed by atoms with Gasteiger partial charge in [0.05, 0.1) is 35.1 Å². The first-order valence-electron chi connectivity index (χ1n) is 14.4. The molecule has 0 N–H and O–H groups in total. The van der Waals surface area contributed by atoms with Crippen molar-refractivity contribution >= 4 is 23.4 Å². The summed E-state index contributed by atoms with van der Waals surface area (Å²) in [6, 6.07) is 22.1.